The fraction of sp³-hybridized carbons (Fsp3) is 0. The molecule has 13 heteroatoms. The average Bonchev–Trinajstić information content (AvgIpc) is 4.02. The summed E-state index contributed by atoms with van der Waals surface area (Å²) in [5.74, 6) is 1.97. The van der Waals surface area contributed by atoms with E-state index in [1.165, 1.54) is 0 Å². The lowest BCUT2D eigenvalue weighted by Crippen LogP contribution is -2.08. The van der Waals surface area contributed by atoms with Crippen molar-refractivity contribution < 1.29 is 13.6 Å². The third kappa shape index (κ3) is 6.33. The van der Waals surface area contributed by atoms with E-state index in [-0.39, 0.29) is 0 Å². The maximum Gasteiger partial charge on any atom is 0.317 e. The quantitative estimate of drug-likeness (QED) is 0.110. The maximum absolute atomic E-state index is 7.17. The molecule has 9 rings (SSSR count). The smallest absolute Gasteiger partial charge is 0.317 e. The zero-order valence-electron chi connectivity index (χ0n) is 27.7. The molecule has 7 heterocycles. The monoisotopic (exact) mass is 739 g/mol. The predicted molar refractivity (Wildman–Crippen MR) is 209 cm³/mol. The molecular formula is C39H32N7O3P3. The van der Waals surface area contributed by atoms with Gasteiger partial charge in [-0.3, -0.25) is 31.0 Å². The summed E-state index contributed by atoms with van der Waals surface area (Å²) in [6.45, 7) is 0. The fourth-order valence-electron chi connectivity index (χ4n) is 5.93. The lowest BCUT2D eigenvalue weighted by molar-refractivity contribution is 0.567. The van der Waals surface area contributed by atoms with Crippen LogP contribution in [0.5, 0.6) is 17.2 Å². The molecule has 9 aromatic rings. The van der Waals surface area contributed by atoms with Gasteiger partial charge in [-0.05, 0) is 102 Å². The Hall–Kier alpha value is -5.78. The highest BCUT2D eigenvalue weighted by atomic mass is 31.2. The number of nitrogens with zero attached hydrogens (tertiary/aromatic N) is 7. The van der Waals surface area contributed by atoms with Crippen LogP contribution in [0.3, 0.4) is 0 Å². The van der Waals surface area contributed by atoms with Crippen LogP contribution in [0, 0.1) is 0 Å². The van der Waals surface area contributed by atoms with Gasteiger partial charge in [-0.1, -0.05) is 12.1 Å². The lowest BCUT2D eigenvalue weighted by atomic mass is 9.97. The molecule has 0 saturated carbocycles. The van der Waals surface area contributed by atoms with Crippen LogP contribution in [0.15, 0.2) is 196 Å². The number of aromatic nitrogens is 7. The van der Waals surface area contributed by atoms with Gasteiger partial charge in [0.25, 0.3) is 0 Å². The van der Waals surface area contributed by atoms with Crippen LogP contribution in [-0.2, 0) is 0 Å². The van der Waals surface area contributed by atoms with Gasteiger partial charge < -0.3 is 13.6 Å². The molecule has 10 nitrogen and oxygen atoms in total. The van der Waals surface area contributed by atoms with Crippen molar-refractivity contribution in [2.75, 3.05) is 0 Å². The van der Waals surface area contributed by atoms with Crippen molar-refractivity contribution in [2.45, 2.75) is 0 Å². The minimum absolute atomic E-state index is 0.647. The minimum Gasteiger partial charge on any atom is -0.435 e. The van der Waals surface area contributed by atoms with Crippen molar-refractivity contribution in [1.82, 2.24) is 31.0 Å². The highest BCUT2D eigenvalue weighted by molar-refractivity contribution is 7.50. The Morgan fingerprint density at radius 3 is 1.08 bits per heavy atom. The van der Waals surface area contributed by atoms with Gasteiger partial charge in [0.1, 0.15) is 17.2 Å². The van der Waals surface area contributed by atoms with E-state index in [1.807, 2.05) is 190 Å². The maximum atomic E-state index is 7.17. The van der Waals surface area contributed by atoms with Crippen LogP contribution >= 0.6 is 25.3 Å². The summed E-state index contributed by atoms with van der Waals surface area (Å²) in [7, 11) is -4.13. The Morgan fingerprint density at radius 2 is 0.712 bits per heavy atom. The Labute approximate surface area is 304 Å². The van der Waals surface area contributed by atoms with Crippen molar-refractivity contribution >= 4 is 36.1 Å². The number of hydrogen-bond donors (Lipinski definition) is 0. The topological polar surface area (TPSA) is 70.2 Å². The van der Waals surface area contributed by atoms with Gasteiger partial charge >= 0.3 is 25.3 Å². The largest absolute Gasteiger partial charge is 0.435 e. The highest BCUT2D eigenvalue weighted by Crippen LogP contribution is 2.55. The van der Waals surface area contributed by atoms with Crippen LogP contribution in [0.4, 0.5) is 0 Å². The lowest BCUT2D eigenvalue weighted by Gasteiger charge is -2.27. The van der Waals surface area contributed by atoms with Gasteiger partial charge in [0.2, 0.25) is 0 Å². The molecule has 0 atom stereocenters. The van der Waals surface area contributed by atoms with E-state index >= 15 is 0 Å². The average molecular weight is 740 g/mol. The van der Waals surface area contributed by atoms with Gasteiger partial charge in [-0.25, -0.2) is 0 Å². The normalized spacial score (nSPS) is 11.6. The summed E-state index contributed by atoms with van der Waals surface area (Å²) in [6, 6.07) is 36.3. The molecule has 52 heavy (non-hydrogen) atoms. The molecule has 0 bridgehead atoms. The van der Waals surface area contributed by atoms with Crippen LogP contribution in [0.2, 0.25) is 0 Å². The summed E-state index contributed by atoms with van der Waals surface area (Å²) in [4.78, 5) is 4.61. The van der Waals surface area contributed by atoms with E-state index < -0.39 is 25.3 Å². The molecule has 0 aliphatic heterocycles. The Morgan fingerprint density at radius 1 is 0.365 bits per heavy atom. The first kappa shape index (κ1) is 32.1. The SMILES string of the molecule is c1cc(OP(n2cccc2)n2cccc2)c(-c2c(OP(n3cccc3)n3cccc3)ccc3ccncc23)c(OP(n2cccc2)n2cccc2)c1. The molecule has 0 unspecified atom stereocenters. The summed E-state index contributed by atoms with van der Waals surface area (Å²) < 4.78 is 34.1. The number of fused-ring (bicyclic) bond motifs is 1. The van der Waals surface area contributed by atoms with E-state index in [0.717, 1.165) is 21.9 Å². The molecule has 0 spiro atoms. The van der Waals surface area contributed by atoms with E-state index in [9.17, 15) is 0 Å². The predicted octanol–water partition coefficient (Wildman–Crippen LogP) is 10.8. The summed E-state index contributed by atoms with van der Waals surface area (Å²) in [5, 5.41) is 1.92. The van der Waals surface area contributed by atoms with Crippen molar-refractivity contribution in [1.29, 1.82) is 0 Å². The minimum atomic E-state index is -1.38. The second kappa shape index (κ2) is 14.5. The van der Waals surface area contributed by atoms with Crippen LogP contribution < -0.4 is 13.6 Å². The molecule has 0 saturated heterocycles. The van der Waals surface area contributed by atoms with E-state index in [4.69, 9.17) is 13.6 Å². The molecule has 256 valence electrons. The molecule has 0 fully saturated rings. The molecule has 0 radical (unpaired) electrons. The van der Waals surface area contributed by atoms with Crippen molar-refractivity contribution in [2.24, 2.45) is 0 Å². The molecule has 0 aliphatic rings. The first-order chi connectivity index (χ1) is 25.8. The van der Waals surface area contributed by atoms with Crippen LogP contribution in [0.1, 0.15) is 0 Å². The van der Waals surface area contributed by atoms with Crippen molar-refractivity contribution in [3.63, 3.8) is 0 Å². The third-order valence-electron chi connectivity index (χ3n) is 8.28. The second-order valence-corrected chi connectivity index (χ2v) is 16.4. The standard InChI is InChI=1S/C39H32N7O3P3/c1-2-21-41(20-1)50(42-22-3-4-23-42)47-35-14-13-15-36(48-51(43-24-5-6-25-43)44-26-7-8-27-44)39(35)38-34-32-40-19-18-33(34)16-17-37(38)49-52(45-28-9-10-29-45)46-30-11-12-31-46/h1-32H. The van der Waals surface area contributed by atoms with Crippen LogP contribution in [-0.4, -0.2) is 31.0 Å². The summed E-state index contributed by atoms with van der Waals surface area (Å²) >= 11 is 0. The third-order valence-corrected chi connectivity index (χ3v) is 13.3. The summed E-state index contributed by atoms with van der Waals surface area (Å²) in [6.07, 6.45) is 28.1. The Bertz CT molecular complexity index is 2270. The summed E-state index contributed by atoms with van der Waals surface area (Å²) in [5.41, 5.74) is 1.60. The highest BCUT2D eigenvalue weighted by Gasteiger charge is 2.29. The Kier molecular flexibility index (Phi) is 8.94. The fourth-order valence-corrected chi connectivity index (χ4v) is 10.5. The van der Waals surface area contributed by atoms with E-state index in [2.05, 4.69) is 37.1 Å². The number of benzene rings is 2. The van der Waals surface area contributed by atoms with Crippen molar-refractivity contribution in [3.8, 4) is 28.4 Å². The van der Waals surface area contributed by atoms with Gasteiger partial charge in [-0.15, -0.1) is 0 Å². The Balaban J connectivity index is 1.27. The van der Waals surface area contributed by atoms with Crippen molar-refractivity contribution in [3.05, 3.63) is 196 Å². The molecule has 7 aromatic heterocycles. The first-order valence-electron chi connectivity index (χ1n) is 16.5. The van der Waals surface area contributed by atoms with Gasteiger partial charge in [0.15, 0.2) is 0 Å². The molecule has 2 aromatic carbocycles. The van der Waals surface area contributed by atoms with Gasteiger partial charge in [-0.2, -0.15) is 0 Å². The van der Waals surface area contributed by atoms with Gasteiger partial charge in [0.05, 0.1) is 5.56 Å². The molecule has 0 N–H and O–H groups in total. The number of hydrogen-bond acceptors (Lipinski definition) is 4. The number of pyridine rings is 1. The molecular weight excluding hydrogens is 707 g/mol. The first-order valence-corrected chi connectivity index (χ1v) is 20.0. The molecule has 0 amide bonds. The van der Waals surface area contributed by atoms with Gasteiger partial charge in [0, 0.05) is 97.7 Å². The zero-order chi connectivity index (χ0) is 34.7. The van der Waals surface area contributed by atoms with E-state index in [0.29, 0.717) is 17.2 Å². The zero-order valence-corrected chi connectivity index (χ0v) is 30.4. The van der Waals surface area contributed by atoms with Crippen LogP contribution in [0.25, 0.3) is 21.9 Å². The second-order valence-electron chi connectivity index (χ2n) is 11.6. The molecule has 0 aliphatic carbocycles. The van der Waals surface area contributed by atoms with E-state index in [1.54, 1.807) is 0 Å². The number of rotatable bonds is 13.